The molecule has 0 aliphatic carbocycles. The van der Waals surface area contributed by atoms with Gasteiger partial charge in [-0.25, -0.2) is 0 Å². The van der Waals surface area contributed by atoms with Gasteiger partial charge < -0.3 is 29.6 Å². The maximum absolute atomic E-state index is 11.6. The van der Waals surface area contributed by atoms with Crippen molar-refractivity contribution in [3.05, 3.63) is 0 Å². The van der Waals surface area contributed by atoms with Crippen LogP contribution < -0.4 is 10.6 Å². The summed E-state index contributed by atoms with van der Waals surface area (Å²) in [5.41, 5.74) is 0. The van der Waals surface area contributed by atoms with Crippen molar-refractivity contribution in [2.75, 3.05) is 65.9 Å². The second-order valence-corrected chi connectivity index (χ2v) is 6.79. The van der Waals surface area contributed by atoms with Crippen molar-refractivity contribution in [2.24, 2.45) is 5.92 Å². The van der Waals surface area contributed by atoms with Crippen molar-refractivity contribution in [1.29, 1.82) is 0 Å². The van der Waals surface area contributed by atoms with E-state index in [4.69, 9.17) is 18.9 Å². The predicted molar refractivity (Wildman–Crippen MR) is 108 cm³/mol. The highest BCUT2D eigenvalue weighted by Crippen LogP contribution is 2.01. The molecule has 0 aromatic heterocycles. The first-order valence-electron chi connectivity index (χ1n) is 10.4. The molecule has 0 saturated carbocycles. The van der Waals surface area contributed by atoms with Crippen LogP contribution in [0.2, 0.25) is 0 Å². The Bertz CT molecular complexity index is 380. The molecule has 28 heavy (non-hydrogen) atoms. The first kappa shape index (κ1) is 26.8. The van der Waals surface area contributed by atoms with Crippen LogP contribution in [0.5, 0.6) is 0 Å². The lowest BCUT2D eigenvalue weighted by atomic mass is 10.1. The summed E-state index contributed by atoms with van der Waals surface area (Å²) in [5, 5.41) is 5.63. The first-order chi connectivity index (χ1) is 13.6. The quantitative estimate of drug-likeness (QED) is 0.299. The van der Waals surface area contributed by atoms with Gasteiger partial charge in [-0.05, 0) is 18.8 Å². The molecule has 0 radical (unpaired) electrons. The highest BCUT2D eigenvalue weighted by Gasteiger charge is 2.01. The number of rotatable bonds is 20. The normalized spacial score (nSPS) is 11.0. The van der Waals surface area contributed by atoms with Crippen LogP contribution in [0.1, 0.15) is 46.5 Å². The Balaban J connectivity index is 3.15. The molecule has 0 aliphatic rings. The largest absolute Gasteiger partial charge is 0.379 e. The van der Waals surface area contributed by atoms with Crippen LogP contribution in [0.4, 0.5) is 0 Å². The van der Waals surface area contributed by atoms with Crippen LogP contribution in [0.15, 0.2) is 0 Å². The lowest BCUT2D eigenvalue weighted by Gasteiger charge is -2.08. The number of ether oxygens (including phenoxy) is 4. The van der Waals surface area contributed by atoms with E-state index in [2.05, 4.69) is 24.5 Å². The maximum atomic E-state index is 11.6. The minimum atomic E-state index is 0.0290. The summed E-state index contributed by atoms with van der Waals surface area (Å²) in [4.78, 5) is 22.6. The lowest BCUT2D eigenvalue weighted by molar-refractivity contribution is -0.122. The SMILES string of the molecule is CCC(=O)NCCOCCOCCOCCOCCC(=O)NCCCC(C)C. The molecule has 8 nitrogen and oxygen atoms in total. The number of hydrogen-bond acceptors (Lipinski definition) is 6. The molecule has 0 aromatic rings. The van der Waals surface area contributed by atoms with Gasteiger partial charge >= 0.3 is 0 Å². The van der Waals surface area contributed by atoms with Crippen LogP contribution >= 0.6 is 0 Å². The van der Waals surface area contributed by atoms with E-state index in [1.165, 1.54) is 0 Å². The standard InChI is InChI=1S/C20H40N2O6/c1-4-19(23)22-9-11-26-13-15-28-17-16-27-14-12-25-10-7-20(24)21-8-5-6-18(2)3/h18H,4-17H2,1-3H3,(H,21,24)(H,22,23). The molecule has 0 spiro atoms. The summed E-state index contributed by atoms with van der Waals surface area (Å²) in [6, 6.07) is 0. The Morgan fingerprint density at radius 2 is 1.21 bits per heavy atom. The number of amides is 2. The molecule has 2 amide bonds. The van der Waals surface area contributed by atoms with Crippen molar-refractivity contribution in [2.45, 2.75) is 46.5 Å². The van der Waals surface area contributed by atoms with Crippen LogP contribution in [0.25, 0.3) is 0 Å². The monoisotopic (exact) mass is 404 g/mol. The fourth-order valence-corrected chi connectivity index (χ4v) is 2.14. The van der Waals surface area contributed by atoms with Crippen molar-refractivity contribution >= 4 is 11.8 Å². The molecular formula is C20H40N2O6. The van der Waals surface area contributed by atoms with Gasteiger partial charge in [0, 0.05) is 25.9 Å². The molecule has 0 aromatic carbocycles. The topological polar surface area (TPSA) is 95.1 Å². The summed E-state index contributed by atoms with van der Waals surface area (Å²) in [5.74, 6) is 0.735. The van der Waals surface area contributed by atoms with Gasteiger partial charge in [0.1, 0.15) is 0 Å². The fraction of sp³-hybridized carbons (Fsp3) is 0.900. The van der Waals surface area contributed by atoms with Gasteiger partial charge in [-0.15, -0.1) is 0 Å². The number of nitrogens with one attached hydrogen (secondary N) is 2. The van der Waals surface area contributed by atoms with Gasteiger partial charge in [-0.3, -0.25) is 9.59 Å². The van der Waals surface area contributed by atoms with Crippen LogP contribution in [0, 0.1) is 5.92 Å². The second kappa shape index (κ2) is 20.5. The van der Waals surface area contributed by atoms with E-state index in [1.807, 2.05) is 6.92 Å². The van der Waals surface area contributed by atoms with E-state index in [9.17, 15) is 9.59 Å². The zero-order valence-corrected chi connectivity index (χ0v) is 17.9. The third kappa shape index (κ3) is 21.1. The Morgan fingerprint density at radius 3 is 1.75 bits per heavy atom. The van der Waals surface area contributed by atoms with Crippen molar-refractivity contribution in [3.8, 4) is 0 Å². The van der Waals surface area contributed by atoms with Crippen LogP contribution in [-0.2, 0) is 28.5 Å². The molecule has 0 atom stereocenters. The predicted octanol–water partition coefficient (Wildman–Crippen LogP) is 1.52. The van der Waals surface area contributed by atoms with E-state index < -0.39 is 0 Å². The number of hydrogen-bond donors (Lipinski definition) is 2. The third-order valence-electron chi connectivity index (χ3n) is 3.76. The molecule has 166 valence electrons. The van der Waals surface area contributed by atoms with E-state index in [0.717, 1.165) is 19.4 Å². The molecule has 0 fully saturated rings. The smallest absolute Gasteiger partial charge is 0.222 e. The van der Waals surface area contributed by atoms with Gasteiger partial charge in [-0.2, -0.15) is 0 Å². The molecule has 0 bridgehead atoms. The molecular weight excluding hydrogens is 364 g/mol. The minimum Gasteiger partial charge on any atom is -0.379 e. The van der Waals surface area contributed by atoms with Crippen molar-refractivity contribution in [1.82, 2.24) is 10.6 Å². The summed E-state index contributed by atoms with van der Waals surface area (Å²) in [7, 11) is 0. The Labute approximate surface area is 170 Å². The Hall–Kier alpha value is -1.22. The van der Waals surface area contributed by atoms with E-state index in [1.54, 1.807) is 0 Å². The summed E-state index contributed by atoms with van der Waals surface area (Å²) in [6.45, 7) is 11.2. The van der Waals surface area contributed by atoms with Crippen LogP contribution in [-0.4, -0.2) is 77.8 Å². The highest BCUT2D eigenvalue weighted by atomic mass is 16.6. The number of carbonyl (C=O) groups excluding carboxylic acids is 2. The van der Waals surface area contributed by atoms with E-state index >= 15 is 0 Å². The molecule has 0 heterocycles. The maximum Gasteiger partial charge on any atom is 0.222 e. The van der Waals surface area contributed by atoms with Crippen LogP contribution in [0.3, 0.4) is 0 Å². The average Bonchev–Trinajstić information content (AvgIpc) is 2.67. The lowest BCUT2D eigenvalue weighted by Crippen LogP contribution is -2.26. The van der Waals surface area contributed by atoms with Gasteiger partial charge in [0.15, 0.2) is 0 Å². The number of carbonyl (C=O) groups is 2. The average molecular weight is 405 g/mol. The van der Waals surface area contributed by atoms with Crippen molar-refractivity contribution in [3.63, 3.8) is 0 Å². The Kier molecular flexibility index (Phi) is 19.6. The summed E-state index contributed by atoms with van der Waals surface area (Å²) < 4.78 is 21.5. The summed E-state index contributed by atoms with van der Waals surface area (Å²) in [6.07, 6.45) is 3.02. The third-order valence-corrected chi connectivity index (χ3v) is 3.76. The molecule has 2 N–H and O–H groups in total. The summed E-state index contributed by atoms with van der Waals surface area (Å²) >= 11 is 0. The van der Waals surface area contributed by atoms with Gasteiger partial charge in [0.25, 0.3) is 0 Å². The van der Waals surface area contributed by atoms with E-state index in [0.29, 0.717) is 78.2 Å². The van der Waals surface area contributed by atoms with Gasteiger partial charge in [-0.1, -0.05) is 20.8 Å². The molecule has 0 aliphatic heterocycles. The zero-order chi connectivity index (χ0) is 20.9. The molecule has 0 rings (SSSR count). The Morgan fingerprint density at radius 1 is 0.714 bits per heavy atom. The van der Waals surface area contributed by atoms with E-state index in [-0.39, 0.29) is 11.8 Å². The second-order valence-electron chi connectivity index (χ2n) is 6.79. The highest BCUT2D eigenvalue weighted by molar-refractivity contribution is 5.76. The van der Waals surface area contributed by atoms with Crippen molar-refractivity contribution < 1.29 is 28.5 Å². The van der Waals surface area contributed by atoms with Gasteiger partial charge in [0.2, 0.25) is 11.8 Å². The molecule has 0 unspecified atom stereocenters. The molecule has 8 heteroatoms. The first-order valence-corrected chi connectivity index (χ1v) is 10.4. The minimum absolute atomic E-state index is 0.0290. The molecule has 0 saturated heterocycles. The van der Waals surface area contributed by atoms with Gasteiger partial charge in [0.05, 0.1) is 52.9 Å². The fourth-order valence-electron chi connectivity index (χ4n) is 2.14. The zero-order valence-electron chi connectivity index (χ0n) is 17.9.